The van der Waals surface area contributed by atoms with Crippen LogP contribution < -0.4 is 4.74 Å². The van der Waals surface area contributed by atoms with E-state index in [1.807, 2.05) is 0 Å². The highest BCUT2D eigenvalue weighted by molar-refractivity contribution is 5.82. The van der Waals surface area contributed by atoms with E-state index in [9.17, 15) is 18.0 Å². The van der Waals surface area contributed by atoms with Crippen molar-refractivity contribution in [3.63, 3.8) is 0 Å². The van der Waals surface area contributed by atoms with Crippen molar-refractivity contribution in [2.45, 2.75) is 26.1 Å². The number of ether oxygens (including phenoxy) is 1. The molecule has 1 aromatic carbocycles. The van der Waals surface area contributed by atoms with E-state index in [1.165, 1.54) is 31.2 Å². The Labute approximate surface area is 91.0 Å². The molecule has 0 spiro atoms. The molecular weight excluding hydrogens is 221 g/mol. The van der Waals surface area contributed by atoms with E-state index in [1.54, 1.807) is 6.92 Å². The largest absolute Gasteiger partial charge is 0.573 e. The zero-order chi connectivity index (χ0) is 12.3. The summed E-state index contributed by atoms with van der Waals surface area (Å²) in [6.07, 6.45) is -4.69. The number of halogens is 3. The number of hydrogen-bond donors (Lipinski definition) is 0. The van der Waals surface area contributed by atoms with E-state index in [0.717, 1.165) is 0 Å². The van der Waals surface area contributed by atoms with Crippen LogP contribution in [0.2, 0.25) is 0 Å². The molecule has 0 unspecified atom stereocenters. The molecule has 1 atom stereocenters. The predicted octanol–water partition coefficient (Wildman–Crippen LogP) is 3.28. The third-order valence-corrected chi connectivity index (χ3v) is 2.22. The van der Waals surface area contributed by atoms with Crippen molar-refractivity contribution >= 4 is 5.78 Å². The summed E-state index contributed by atoms with van der Waals surface area (Å²) in [7, 11) is 0. The van der Waals surface area contributed by atoms with Crippen molar-refractivity contribution in [2.75, 3.05) is 0 Å². The molecule has 0 fully saturated rings. The van der Waals surface area contributed by atoms with Crippen LogP contribution in [0.5, 0.6) is 5.75 Å². The summed E-state index contributed by atoms with van der Waals surface area (Å²) in [6.45, 7) is 3.13. The zero-order valence-corrected chi connectivity index (χ0v) is 8.84. The van der Waals surface area contributed by atoms with Crippen LogP contribution in [0, 0.1) is 0 Å². The number of ketones is 1. The second-order valence-corrected chi connectivity index (χ2v) is 3.45. The van der Waals surface area contributed by atoms with Crippen molar-refractivity contribution in [2.24, 2.45) is 0 Å². The molecule has 0 aromatic heterocycles. The molecule has 0 aliphatic heterocycles. The van der Waals surface area contributed by atoms with Gasteiger partial charge in [-0.3, -0.25) is 4.79 Å². The number of Topliss-reactive ketones (excluding diaryl/α,β-unsaturated/α-hetero) is 1. The van der Waals surface area contributed by atoms with Gasteiger partial charge in [-0.05, 0) is 24.6 Å². The van der Waals surface area contributed by atoms with Gasteiger partial charge >= 0.3 is 6.36 Å². The van der Waals surface area contributed by atoms with Crippen LogP contribution >= 0.6 is 0 Å². The number of carbonyl (C=O) groups is 1. The minimum atomic E-state index is -4.69. The highest BCUT2D eigenvalue weighted by Gasteiger charge is 2.31. The number of alkyl halides is 3. The zero-order valence-electron chi connectivity index (χ0n) is 8.84. The molecule has 1 aromatic rings. The normalized spacial score (nSPS) is 13.3. The first kappa shape index (κ1) is 12.5. The molecule has 0 radical (unpaired) electrons. The van der Waals surface area contributed by atoms with Crippen LogP contribution in [-0.4, -0.2) is 12.1 Å². The third-order valence-electron chi connectivity index (χ3n) is 2.22. The van der Waals surface area contributed by atoms with Crippen LogP contribution in [0.25, 0.3) is 0 Å². The SMILES string of the molecule is CC(=O)[C@@H](C)c1ccc(OC(F)(F)F)cc1. The van der Waals surface area contributed by atoms with Crippen LogP contribution in [0.4, 0.5) is 13.2 Å². The predicted molar refractivity (Wildman–Crippen MR) is 52.2 cm³/mol. The Morgan fingerprint density at radius 1 is 1.25 bits per heavy atom. The van der Waals surface area contributed by atoms with Gasteiger partial charge in [0, 0.05) is 5.92 Å². The lowest BCUT2D eigenvalue weighted by Crippen LogP contribution is -2.17. The summed E-state index contributed by atoms with van der Waals surface area (Å²) in [6, 6.07) is 5.30. The van der Waals surface area contributed by atoms with Crippen LogP contribution in [0.15, 0.2) is 24.3 Å². The van der Waals surface area contributed by atoms with Crippen molar-refractivity contribution in [3.8, 4) is 5.75 Å². The summed E-state index contributed by atoms with van der Waals surface area (Å²) in [5, 5.41) is 0. The lowest BCUT2D eigenvalue weighted by Gasteiger charge is -2.11. The first-order chi connectivity index (χ1) is 7.29. The molecule has 1 rings (SSSR count). The Morgan fingerprint density at radius 3 is 2.12 bits per heavy atom. The van der Waals surface area contributed by atoms with Gasteiger partial charge in [0.1, 0.15) is 11.5 Å². The molecule has 16 heavy (non-hydrogen) atoms. The van der Waals surface area contributed by atoms with E-state index < -0.39 is 6.36 Å². The molecule has 0 N–H and O–H groups in total. The second kappa shape index (κ2) is 4.55. The smallest absolute Gasteiger partial charge is 0.406 e. The monoisotopic (exact) mass is 232 g/mol. The van der Waals surface area contributed by atoms with Crippen LogP contribution in [0.1, 0.15) is 25.3 Å². The first-order valence-corrected chi connectivity index (χ1v) is 4.66. The first-order valence-electron chi connectivity index (χ1n) is 4.66. The topological polar surface area (TPSA) is 26.3 Å². The number of carbonyl (C=O) groups excluding carboxylic acids is 1. The van der Waals surface area contributed by atoms with Gasteiger partial charge in [-0.15, -0.1) is 13.2 Å². The minimum Gasteiger partial charge on any atom is -0.406 e. The number of hydrogen-bond acceptors (Lipinski definition) is 2. The van der Waals surface area contributed by atoms with Gasteiger partial charge in [0.25, 0.3) is 0 Å². The van der Waals surface area contributed by atoms with Crippen molar-refractivity contribution in [3.05, 3.63) is 29.8 Å². The lowest BCUT2D eigenvalue weighted by atomic mass is 9.98. The highest BCUT2D eigenvalue weighted by Crippen LogP contribution is 2.25. The third kappa shape index (κ3) is 3.56. The van der Waals surface area contributed by atoms with E-state index in [4.69, 9.17) is 0 Å². The molecule has 0 amide bonds. The molecule has 0 saturated heterocycles. The molecule has 0 bridgehead atoms. The number of benzene rings is 1. The molecule has 0 saturated carbocycles. The van der Waals surface area contributed by atoms with E-state index in [2.05, 4.69) is 4.74 Å². The highest BCUT2D eigenvalue weighted by atomic mass is 19.4. The quantitative estimate of drug-likeness (QED) is 0.799. The maximum absolute atomic E-state index is 11.9. The Morgan fingerprint density at radius 2 is 1.75 bits per heavy atom. The molecular formula is C11H11F3O2. The van der Waals surface area contributed by atoms with Gasteiger partial charge in [0.2, 0.25) is 0 Å². The minimum absolute atomic E-state index is 0.0375. The second-order valence-electron chi connectivity index (χ2n) is 3.45. The molecule has 0 aliphatic carbocycles. The maximum Gasteiger partial charge on any atom is 0.573 e. The summed E-state index contributed by atoms with van der Waals surface area (Å²) < 4.78 is 39.3. The van der Waals surface area contributed by atoms with Crippen molar-refractivity contribution < 1.29 is 22.7 Å². The van der Waals surface area contributed by atoms with Gasteiger partial charge < -0.3 is 4.74 Å². The summed E-state index contributed by atoms with van der Waals surface area (Å²) >= 11 is 0. The van der Waals surface area contributed by atoms with Crippen LogP contribution in [-0.2, 0) is 4.79 Å². The van der Waals surface area contributed by atoms with Gasteiger partial charge in [-0.1, -0.05) is 19.1 Å². The maximum atomic E-state index is 11.9. The molecule has 0 aliphatic rings. The van der Waals surface area contributed by atoms with E-state index in [-0.39, 0.29) is 17.5 Å². The van der Waals surface area contributed by atoms with Crippen molar-refractivity contribution in [1.29, 1.82) is 0 Å². The Balaban J connectivity index is 2.79. The fraction of sp³-hybridized carbons (Fsp3) is 0.364. The molecule has 88 valence electrons. The standard InChI is InChI=1S/C11H11F3O2/c1-7(8(2)15)9-3-5-10(6-4-9)16-11(12,13)14/h3-7H,1-2H3/t7-/m1/s1. The Kier molecular flexibility index (Phi) is 3.57. The summed E-state index contributed by atoms with van der Waals surface area (Å²) in [5.41, 5.74) is 0.669. The van der Waals surface area contributed by atoms with Gasteiger partial charge in [-0.25, -0.2) is 0 Å². The Bertz CT molecular complexity index is 368. The molecule has 5 heteroatoms. The van der Waals surface area contributed by atoms with E-state index >= 15 is 0 Å². The molecule has 2 nitrogen and oxygen atoms in total. The van der Waals surface area contributed by atoms with E-state index in [0.29, 0.717) is 5.56 Å². The van der Waals surface area contributed by atoms with Crippen molar-refractivity contribution in [1.82, 2.24) is 0 Å². The van der Waals surface area contributed by atoms with Gasteiger partial charge in [-0.2, -0.15) is 0 Å². The average molecular weight is 232 g/mol. The lowest BCUT2D eigenvalue weighted by molar-refractivity contribution is -0.274. The molecule has 0 heterocycles. The average Bonchev–Trinajstić information content (AvgIpc) is 2.15. The summed E-state index contributed by atoms with van der Waals surface area (Å²) in [4.78, 5) is 11.0. The summed E-state index contributed by atoms with van der Waals surface area (Å²) in [5.74, 6) is -0.642. The van der Waals surface area contributed by atoms with Gasteiger partial charge in [0.05, 0.1) is 0 Å². The fourth-order valence-electron chi connectivity index (χ4n) is 1.19. The fourth-order valence-corrected chi connectivity index (χ4v) is 1.19. The Hall–Kier alpha value is -1.52. The number of rotatable bonds is 3. The van der Waals surface area contributed by atoms with Gasteiger partial charge in [0.15, 0.2) is 0 Å². The van der Waals surface area contributed by atoms with Crippen LogP contribution in [0.3, 0.4) is 0 Å².